The number of hydrogen-bond acceptors (Lipinski definition) is 4. The highest BCUT2D eigenvalue weighted by molar-refractivity contribution is 7.92. The first-order valence-corrected chi connectivity index (χ1v) is 15.6. The molecule has 0 bridgehead atoms. The fourth-order valence-electron chi connectivity index (χ4n) is 6.44. The van der Waals surface area contributed by atoms with E-state index < -0.39 is 39.0 Å². The molecule has 0 aromatic heterocycles. The average molecular weight is 616 g/mol. The Labute approximate surface area is 249 Å². The molecule has 5 rings (SSSR count). The number of piperidine rings is 1. The van der Waals surface area contributed by atoms with E-state index in [0.29, 0.717) is 42.7 Å². The van der Waals surface area contributed by atoms with Gasteiger partial charge in [-0.25, -0.2) is 17.2 Å². The monoisotopic (exact) mass is 615 g/mol. The van der Waals surface area contributed by atoms with Crippen molar-refractivity contribution in [3.63, 3.8) is 0 Å². The van der Waals surface area contributed by atoms with Crippen LogP contribution in [-0.4, -0.2) is 44.3 Å². The average Bonchev–Trinajstić information content (AvgIpc) is 3.23. The maximum absolute atomic E-state index is 14.2. The zero-order valence-electron chi connectivity index (χ0n) is 23.5. The lowest BCUT2D eigenvalue weighted by atomic mass is 9.66. The van der Waals surface area contributed by atoms with Crippen molar-refractivity contribution in [3.05, 3.63) is 94.0 Å². The van der Waals surface area contributed by atoms with Crippen LogP contribution in [0.2, 0.25) is 5.02 Å². The first-order valence-electron chi connectivity index (χ1n) is 13.8. The fraction of sp³-hybridized carbons (Fsp3) is 0.355. The minimum absolute atomic E-state index is 0.0308. The maximum atomic E-state index is 14.2. The van der Waals surface area contributed by atoms with Gasteiger partial charge in [0, 0.05) is 42.6 Å². The van der Waals surface area contributed by atoms with E-state index in [4.69, 9.17) is 11.6 Å². The summed E-state index contributed by atoms with van der Waals surface area (Å²) in [6.07, 6.45) is 1.02. The van der Waals surface area contributed by atoms with E-state index >= 15 is 0 Å². The lowest BCUT2D eigenvalue weighted by Gasteiger charge is -2.46. The van der Waals surface area contributed by atoms with Crippen molar-refractivity contribution >= 4 is 39.1 Å². The summed E-state index contributed by atoms with van der Waals surface area (Å²) in [4.78, 5) is 27.2. The summed E-state index contributed by atoms with van der Waals surface area (Å²) in [6.45, 7) is 6.41. The van der Waals surface area contributed by atoms with Gasteiger partial charge in [-0.2, -0.15) is 0 Å². The van der Waals surface area contributed by atoms with Gasteiger partial charge in [0.15, 0.2) is 0 Å². The number of nitrogens with zero attached hydrogens (tertiary/aromatic N) is 2. The second-order valence-electron chi connectivity index (χ2n) is 11.3. The number of fused-ring (bicyclic) bond motifs is 2. The number of hydrogen-bond donors (Lipinski definition) is 1. The van der Waals surface area contributed by atoms with Crippen LogP contribution in [0, 0.1) is 17.6 Å². The third-order valence-electron chi connectivity index (χ3n) is 8.41. The smallest absolute Gasteiger partial charge is 0.264 e. The van der Waals surface area contributed by atoms with E-state index in [1.807, 2.05) is 13.8 Å². The molecule has 7 nitrogen and oxygen atoms in total. The number of carbonyl (C=O) groups is 2. The minimum Gasteiger partial charge on any atom is -0.348 e. The second-order valence-corrected chi connectivity index (χ2v) is 13.5. The standard InChI is InChI=1S/C31H32ClF2N3O4S/c1-19(2)29-31(12-14-36(15-13-31)20(3)38)26-16-21(30(39)35-18-22-4-6-24(34)17-27(22)32)5-11-28(26)37(29)42(40,41)25-9-7-23(33)8-10-25/h4-11,16-17,19,29H,12-15,18H2,1-3H3,(H,35,39). The Morgan fingerprint density at radius 1 is 1.00 bits per heavy atom. The molecule has 2 amide bonds. The number of amides is 2. The molecule has 0 aliphatic carbocycles. The lowest BCUT2D eigenvalue weighted by Crippen LogP contribution is -2.55. The highest BCUT2D eigenvalue weighted by Crippen LogP contribution is 2.55. The van der Waals surface area contributed by atoms with Crippen molar-refractivity contribution in [1.29, 1.82) is 0 Å². The van der Waals surface area contributed by atoms with Gasteiger partial charge in [0.25, 0.3) is 15.9 Å². The van der Waals surface area contributed by atoms with Crippen LogP contribution in [0.1, 0.15) is 55.1 Å². The van der Waals surface area contributed by atoms with Crippen molar-refractivity contribution in [2.75, 3.05) is 17.4 Å². The Balaban J connectivity index is 1.57. The third kappa shape index (κ3) is 5.26. The molecule has 1 unspecified atom stereocenters. The second kappa shape index (κ2) is 11.3. The summed E-state index contributed by atoms with van der Waals surface area (Å²) in [5, 5.41) is 3.02. The fourth-order valence-corrected chi connectivity index (χ4v) is 8.54. The number of halogens is 3. The van der Waals surface area contributed by atoms with E-state index in [-0.39, 0.29) is 28.3 Å². The van der Waals surface area contributed by atoms with Gasteiger partial charge in [-0.1, -0.05) is 31.5 Å². The Morgan fingerprint density at radius 2 is 1.64 bits per heavy atom. The van der Waals surface area contributed by atoms with Gasteiger partial charge >= 0.3 is 0 Å². The number of anilines is 1. The zero-order chi connectivity index (χ0) is 30.4. The van der Waals surface area contributed by atoms with Gasteiger partial charge in [-0.3, -0.25) is 13.9 Å². The normalized spacial score (nSPS) is 17.9. The van der Waals surface area contributed by atoms with Crippen LogP contribution in [0.3, 0.4) is 0 Å². The molecule has 3 aromatic rings. The SMILES string of the molecule is CC(=O)N1CCC2(CC1)c1cc(C(=O)NCc3ccc(F)cc3Cl)ccc1N(S(=O)(=O)c1ccc(F)cc1)C2C(C)C. The van der Waals surface area contributed by atoms with E-state index in [2.05, 4.69) is 5.32 Å². The molecule has 2 heterocycles. The molecule has 0 saturated carbocycles. The molecule has 11 heteroatoms. The molecular formula is C31H32ClF2N3O4S. The van der Waals surface area contributed by atoms with Gasteiger partial charge in [0.1, 0.15) is 11.6 Å². The van der Waals surface area contributed by atoms with E-state index in [1.165, 1.54) is 41.6 Å². The van der Waals surface area contributed by atoms with Gasteiger partial charge in [0.2, 0.25) is 5.91 Å². The van der Waals surface area contributed by atoms with Crippen LogP contribution in [-0.2, 0) is 26.8 Å². The predicted molar refractivity (Wildman–Crippen MR) is 157 cm³/mol. The number of rotatable bonds is 6. The van der Waals surface area contributed by atoms with Crippen LogP contribution in [0.15, 0.2) is 65.6 Å². The van der Waals surface area contributed by atoms with Crippen LogP contribution in [0.25, 0.3) is 0 Å². The zero-order valence-corrected chi connectivity index (χ0v) is 25.1. The number of carbonyl (C=O) groups excluding carboxylic acids is 2. The minimum atomic E-state index is -4.12. The molecule has 1 spiro atoms. The van der Waals surface area contributed by atoms with Crippen LogP contribution in [0.4, 0.5) is 14.5 Å². The first kappa shape index (κ1) is 30.0. The number of likely N-dealkylation sites (tertiary alicyclic amines) is 1. The van der Waals surface area contributed by atoms with Gasteiger partial charge in [-0.15, -0.1) is 0 Å². The Kier molecular flexibility index (Phi) is 8.06. The number of sulfonamides is 1. The number of benzene rings is 3. The highest BCUT2D eigenvalue weighted by atomic mass is 35.5. The largest absolute Gasteiger partial charge is 0.348 e. The Hall–Kier alpha value is -3.50. The highest BCUT2D eigenvalue weighted by Gasteiger charge is 2.56. The molecular weight excluding hydrogens is 584 g/mol. The molecule has 1 saturated heterocycles. The summed E-state index contributed by atoms with van der Waals surface area (Å²) in [6, 6.07) is 13.2. The van der Waals surface area contributed by atoms with E-state index in [9.17, 15) is 26.8 Å². The lowest BCUT2D eigenvalue weighted by molar-refractivity contribution is -0.130. The Bertz CT molecular complexity index is 1640. The van der Waals surface area contributed by atoms with Crippen molar-refractivity contribution in [2.45, 2.75) is 56.5 Å². The predicted octanol–water partition coefficient (Wildman–Crippen LogP) is 5.66. The Morgan fingerprint density at radius 3 is 2.24 bits per heavy atom. The first-order chi connectivity index (χ1) is 19.8. The van der Waals surface area contributed by atoms with Crippen molar-refractivity contribution in [1.82, 2.24) is 10.2 Å². The van der Waals surface area contributed by atoms with E-state index in [1.54, 1.807) is 23.1 Å². The molecule has 0 radical (unpaired) electrons. The van der Waals surface area contributed by atoms with Crippen molar-refractivity contribution < 1.29 is 26.8 Å². The van der Waals surface area contributed by atoms with Crippen LogP contribution >= 0.6 is 11.6 Å². The van der Waals surface area contributed by atoms with Crippen LogP contribution in [0.5, 0.6) is 0 Å². The summed E-state index contributed by atoms with van der Waals surface area (Å²) in [5.41, 5.74) is 1.41. The molecule has 1 atom stereocenters. The summed E-state index contributed by atoms with van der Waals surface area (Å²) in [5.74, 6) is -1.59. The topological polar surface area (TPSA) is 86.8 Å². The maximum Gasteiger partial charge on any atom is 0.264 e. The molecule has 222 valence electrons. The number of nitrogens with one attached hydrogen (secondary N) is 1. The van der Waals surface area contributed by atoms with Gasteiger partial charge in [0.05, 0.1) is 16.6 Å². The van der Waals surface area contributed by atoms with Gasteiger partial charge < -0.3 is 10.2 Å². The van der Waals surface area contributed by atoms with Crippen LogP contribution < -0.4 is 9.62 Å². The summed E-state index contributed by atoms with van der Waals surface area (Å²) < 4.78 is 57.0. The quantitative estimate of drug-likeness (QED) is 0.388. The van der Waals surface area contributed by atoms with Gasteiger partial charge in [-0.05, 0) is 84.5 Å². The molecule has 3 aromatic carbocycles. The molecule has 42 heavy (non-hydrogen) atoms. The third-order valence-corrected chi connectivity index (χ3v) is 10.6. The van der Waals surface area contributed by atoms with E-state index in [0.717, 1.165) is 17.7 Å². The van der Waals surface area contributed by atoms with Crippen molar-refractivity contribution in [3.8, 4) is 0 Å². The summed E-state index contributed by atoms with van der Waals surface area (Å²) in [7, 11) is -4.12. The molecule has 2 aliphatic heterocycles. The molecule has 1 N–H and O–H groups in total. The van der Waals surface area contributed by atoms with Crippen molar-refractivity contribution in [2.24, 2.45) is 5.92 Å². The molecule has 2 aliphatic rings. The summed E-state index contributed by atoms with van der Waals surface area (Å²) >= 11 is 6.13. The molecule has 1 fully saturated rings.